The van der Waals surface area contributed by atoms with Crippen molar-refractivity contribution in [2.75, 3.05) is 5.32 Å². The molecule has 3 aromatic heterocycles. The molecule has 3 aromatic rings. The number of nitrogens with one attached hydrogen (secondary N) is 1. The van der Waals surface area contributed by atoms with E-state index < -0.39 is 0 Å². The van der Waals surface area contributed by atoms with E-state index in [2.05, 4.69) is 20.4 Å². The van der Waals surface area contributed by atoms with Gasteiger partial charge in [-0.05, 0) is 39.8 Å². The summed E-state index contributed by atoms with van der Waals surface area (Å²) in [5.74, 6) is 0.834. The Labute approximate surface area is 150 Å². The van der Waals surface area contributed by atoms with E-state index in [4.69, 9.17) is 0 Å². The number of aromatic nitrogens is 5. The summed E-state index contributed by atoms with van der Waals surface area (Å²) < 4.78 is 3.25. The first kappa shape index (κ1) is 17.8. The van der Waals surface area contributed by atoms with E-state index in [-0.39, 0.29) is 30.0 Å². The highest BCUT2D eigenvalue weighted by Crippen LogP contribution is 2.18. The molecule has 8 heteroatoms. The molecule has 26 heavy (non-hydrogen) atoms. The third-order valence-electron chi connectivity index (χ3n) is 4.01. The van der Waals surface area contributed by atoms with Crippen LogP contribution in [-0.4, -0.2) is 30.2 Å². The van der Waals surface area contributed by atoms with Crippen LogP contribution in [0.3, 0.4) is 0 Å². The predicted molar refractivity (Wildman–Crippen MR) is 99.0 cm³/mol. The van der Waals surface area contributed by atoms with E-state index in [1.165, 1.54) is 4.57 Å². The molecule has 8 nitrogen and oxygen atoms in total. The molecule has 1 amide bonds. The van der Waals surface area contributed by atoms with Gasteiger partial charge in [0.25, 0.3) is 5.56 Å². The van der Waals surface area contributed by atoms with Crippen molar-refractivity contribution in [1.29, 1.82) is 0 Å². The van der Waals surface area contributed by atoms with Gasteiger partial charge in [-0.2, -0.15) is 5.10 Å². The molecule has 0 spiro atoms. The van der Waals surface area contributed by atoms with Gasteiger partial charge in [0.15, 0.2) is 5.65 Å². The van der Waals surface area contributed by atoms with Crippen molar-refractivity contribution in [2.45, 2.75) is 46.2 Å². The topological polar surface area (TPSA) is 94.7 Å². The molecule has 136 valence electrons. The van der Waals surface area contributed by atoms with Gasteiger partial charge in [0.2, 0.25) is 5.91 Å². The highest BCUT2D eigenvalue weighted by molar-refractivity contribution is 5.89. The van der Waals surface area contributed by atoms with Gasteiger partial charge in [-0.15, -0.1) is 0 Å². The molecule has 3 rings (SSSR count). The molecule has 0 atom stereocenters. The van der Waals surface area contributed by atoms with Crippen LogP contribution >= 0.6 is 0 Å². The minimum absolute atomic E-state index is 0.151. The number of hydrogen-bond acceptors (Lipinski definition) is 5. The Morgan fingerprint density at radius 1 is 1.27 bits per heavy atom. The minimum atomic E-state index is -0.275. The zero-order valence-corrected chi connectivity index (χ0v) is 15.4. The first-order valence-electron chi connectivity index (χ1n) is 8.44. The van der Waals surface area contributed by atoms with Crippen LogP contribution in [0, 0.1) is 6.92 Å². The van der Waals surface area contributed by atoms with Crippen molar-refractivity contribution in [3.05, 3.63) is 46.8 Å². The molecule has 3 heterocycles. The molecule has 0 aliphatic carbocycles. The lowest BCUT2D eigenvalue weighted by molar-refractivity contribution is -0.116. The Hall–Kier alpha value is -3.03. The lowest BCUT2D eigenvalue weighted by Gasteiger charge is -2.20. The van der Waals surface area contributed by atoms with E-state index in [1.54, 1.807) is 42.2 Å². The van der Waals surface area contributed by atoms with Crippen LogP contribution in [-0.2, 0) is 16.9 Å². The van der Waals surface area contributed by atoms with Gasteiger partial charge in [0, 0.05) is 19.2 Å². The number of hydrogen-bond donors (Lipinski definition) is 1. The maximum atomic E-state index is 12.8. The van der Waals surface area contributed by atoms with Crippen molar-refractivity contribution in [1.82, 2.24) is 24.3 Å². The molecule has 0 saturated heterocycles. The molecule has 0 bridgehead atoms. The normalized spacial score (nSPS) is 11.7. The molecule has 0 unspecified atom stereocenters. The van der Waals surface area contributed by atoms with Crippen LogP contribution in [0.5, 0.6) is 0 Å². The summed E-state index contributed by atoms with van der Waals surface area (Å²) >= 11 is 0. The molecular weight excluding hydrogens is 332 g/mol. The summed E-state index contributed by atoms with van der Waals surface area (Å²) in [5.41, 5.74) is 0.102. The van der Waals surface area contributed by atoms with Gasteiger partial charge in [0.05, 0.1) is 11.7 Å². The van der Waals surface area contributed by atoms with Gasteiger partial charge in [-0.3, -0.25) is 14.2 Å². The minimum Gasteiger partial charge on any atom is -0.311 e. The van der Waals surface area contributed by atoms with E-state index in [0.29, 0.717) is 22.7 Å². The highest BCUT2D eigenvalue weighted by atomic mass is 16.2. The molecule has 0 aliphatic rings. The number of rotatable bonds is 4. The monoisotopic (exact) mass is 354 g/mol. The zero-order chi connectivity index (χ0) is 18.9. The number of anilines is 1. The van der Waals surface area contributed by atoms with Crippen molar-refractivity contribution < 1.29 is 4.79 Å². The summed E-state index contributed by atoms with van der Waals surface area (Å²) in [4.78, 5) is 33.5. The van der Waals surface area contributed by atoms with Crippen LogP contribution in [0.25, 0.3) is 11.0 Å². The van der Waals surface area contributed by atoms with Crippen LogP contribution in [0.2, 0.25) is 0 Å². The van der Waals surface area contributed by atoms with E-state index in [9.17, 15) is 9.59 Å². The standard InChI is InChI=1S/C18H22N6O2/c1-12-21-16-13(11-20-24(16)18(2,3)4)17(26)23(12)10-8-15(25)22-14-7-5-6-9-19-14/h5-7,9,11H,8,10H2,1-4H3,(H,19,22,25). The fourth-order valence-electron chi connectivity index (χ4n) is 2.72. The second-order valence-electron chi connectivity index (χ2n) is 7.09. The number of aryl methyl sites for hydroxylation is 1. The second kappa shape index (κ2) is 6.70. The van der Waals surface area contributed by atoms with Gasteiger partial charge < -0.3 is 5.32 Å². The van der Waals surface area contributed by atoms with Crippen molar-refractivity contribution >= 4 is 22.8 Å². The molecule has 0 aromatic carbocycles. The maximum absolute atomic E-state index is 12.8. The average molecular weight is 354 g/mol. The molecule has 0 fully saturated rings. The fraction of sp³-hybridized carbons (Fsp3) is 0.389. The molecule has 0 saturated carbocycles. The number of nitrogens with zero attached hydrogens (tertiary/aromatic N) is 5. The summed E-state index contributed by atoms with van der Waals surface area (Å²) in [5, 5.41) is 7.48. The molecular formula is C18H22N6O2. The second-order valence-corrected chi connectivity index (χ2v) is 7.09. The largest absolute Gasteiger partial charge is 0.311 e. The SMILES string of the molecule is Cc1nc2c(cnn2C(C)(C)C)c(=O)n1CCC(=O)Nc1ccccn1. The van der Waals surface area contributed by atoms with E-state index in [0.717, 1.165) is 0 Å². The Morgan fingerprint density at radius 3 is 2.69 bits per heavy atom. The average Bonchev–Trinajstić information content (AvgIpc) is 2.99. The summed E-state index contributed by atoms with van der Waals surface area (Å²) in [6, 6.07) is 5.28. The molecule has 0 aliphatic heterocycles. The summed E-state index contributed by atoms with van der Waals surface area (Å²) in [6.07, 6.45) is 3.30. The third kappa shape index (κ3) is 3.49. The van der Waals surface area contributed by atoms with E-state index in [1.807, 2.05) is 20.8 Å². The predicted octanol–water partition coefficient (Wildman–Crippen LogP) is 2.08. The van der Waals surface area contributed by atoms with Gasteiger partial charge in [0.1, 0.15) is 17.0 Å². The Morgan fingerprint density at radius 2 is 2.04 bits per heavy atom. The lowest BCUT2D eigenvalue weighted by atomic mass is 10.1. The highest BCUT2D eigenvalue weighted by Gasteiger charge is 2.21. The number of amides is 1. The van der Waals surface area contributed by atoms with Crippen LogP contribution < -0.4 is 10.9 Å². The molecule has 0 radical (unpaired) electrons. The summed E-state index contributed by atoms with van der Waals surface area (Å²) in [7, 11) is 0. The van der Waals surface area contributed by atoms with Crippen molar-refractivity contribution in [2.24, 2.45) is 0 Å². The van der Waals surface area contributed by atoms with E-state index >= 15 is 0 Å². The van der Waals surface area contributed by atoms with Crippen LogP contribution in [0.4, 0.5) is 5.82 Å². The Bertz CT molecular complexity index is 998. The molecule has 1 N–H and O–H groups in total. The van der Waals surface area contributed by atoms with Gasteiger partial charge in [-0.1, -0.05) is 6.07 Å². The number of fused-ring (bicyclic) bond motifs is 1. The van der Waals surface area contributed by atoms with Crippen molar-refractivity contribution in [3.63, 3.8) is 0 Å². The number of pyridine rings is 1. The smallest absolute Gasteiger partial charge is 0.264 e. The quantitative estimate of drug-likeness (QED) is 0.774. The maximum Gasteiger partial charge on any atom is 0.264 e. The number of carbonyl (C=O) groups is 1. The van der Waals surface area contributed by atoms with Crippen molar-refractivity contribution in [3.8, 4) is 0 Å². The first-order valence-corrected chi connectivity index (χ1v) is 8.44. The zero-order valence-electron chi connectivity index (χ0n) is 15.4. The van der Waals surface area contributed by atoms with Crippen LogP contribution in [0.1, 0.15) is 33.0 Å². The summed E-state index contributed by atoms with van der Waals surface area (Å²) in [6.45, 7) is 8.02. The Kier molecular flexibility index (Phi) is 4.58. The number of carbonyl (C=O) groups excluding carboxylic acids is 1. The third-order valence-corrected chi connectivity index (χ3v) is 4.01. The first-order chi connectivity index (χ1) is 12.3. The Balaban J connectivity index is 1.82. The van der Waals surface area contributed by atoms with Crippen LogP contribution in [0.15, 0.2) is 35.4 Å². The fourth-order valence-corrected chi connectivity index (χ4v) is 2.72. The van der Waals surface area contributed by atoms with Gasteiger partial charge >= 0.3 is 0 Å². The van der Waals surface area contributed by atoms with Gasteiger partial charge in [-0.25, -0.2) is 14.6 Å². The lowest BCUT2D eigenvalue weighted by Crippen LogP contribution is -2.28.